The number of rotatable bonds is 3. The van der Waals surface area contributed by atoms with Crippen molar-refractivity contribution in [3.63, 3.8) is 0 Å². The second kappa shape index (κ2) is 5.73. The molecule has 4 aromatic rings. The van der Waals surface area contributed by atoms with E-state index in [4.69, 9.17) is 4.74 Å². The number of nitrogens with zero attached hydrogens (tertiary/aromatic N) is 4. The average Bonchev–Trinajstić information content (AvgIpc) is 2.96. The van der Waals surface area contributed by atoms with Crippen LogP contribution in [0.4, 0.5) is 4.39 Å². The van der Waals surface area contributed by atoms with Crippen LogP contribution < -0.4 is 4.74 Å². The van der Waals surface area contributed by atoms with Crippen LogP contribution in [-0.4, -0.2) is 19.8 Å². The lowest BCUT2D eigenvalue weighted by Gasteiger charge is -2.11. The largest absolute Gasteiger partial charge is 0.437 e. The fourth-order valence-electron chi connectivity index (χ4n) is 2.50. The zero-order chi connectivity index (χ0) is 16.5. The van der Waals surface area contributed by atoms with Gasteiger partial charge in [-0.05, 0) is 36.8 Å². The summed E-state index contributed by atoms with van der Waals surface area (Å²) in [6.45, 7) is 1.82. The quantitative estimate of drug-likeness (QED) is 0.572. The van der Waals surface area contributed by atoms with Crippen molar-refractivity contribution in [2.75, 3.05) is 0 Å². The van der Waals surface area contributed by atoms with E-state index in [0.717, 1.165) is 11.1 Å². The fraction of sp³-hybridized carbons (Fsp3) is 0.0556. The summed E-state index contributed by atoms with van der Waals surface area (Å²) < 4.78 is 21.1. The number of hydrogen-bond acceptors (Lipinski definition) is 4. The predicted octanol–water partition coefficient (Wildman–Crippen LogP) is 4.03. The molecule has 24 heavy (non-hydrogen) atoms. The van der Waals surface area contributed by atoms with E-state index in [1.165, 1.54) is 12.1 Å². The van der Waals surface area contributed by atoms with E-state index in [9.17, 15) is 4.39 Å². The van der Waals surface area contributed by atoms with Crippen molar-refractivity contribution in [3.8, 4) is 22.8 Å². The number of fused-ring (bicyclic) bond motifs is 1. The van der Waals surface area contributed by atoms with Crippen LogP contribution in [0, 0.1) is 12.7 Å². The molecule has 0 amide bonds. The third-order valence-electron chi connectivity index (χ3n) is 3.63. The van der Waals surface area contributed by atoms with Crippen molar-refractivity contribution in [2.24, 2.45) is 0 Å². The smallest absolute Gasteiger partial charge is 0.237 e. The normalized spacial score (nSPS) is 10.9. The molecule has 4 rings (SSSR count). The Morgan fingerprint density at radius 2 is 1.83 bits per heavy atom. The summed E-state index contributed by atoms with van der Waals surface area (Å²) in [7, 11) is 0. The molecule has 0 saturated heterocycles. The van der Waals surface area contributed by atoms with Gasteiger partial charge in [0.15, 0.2) is 11.5 Å². The first kappa shape index (κ1) is 14.3. The van der Waals surface area contributed by atoms with Crippen molar-refractivity contribution >= 4 is 5.65 Å². The number of hydrogen-bond donors (Lipinski definition) is 0. The first-order valence-corrected chi connectivity index (χ1v) is 7.42. The van der Waals surface area contributed by atoms with Gasteiger partial charge in [0.05, 0.1) is 0 Å². The third-order valence-corrected chi connectivity index (χ3v) is 3.63. The Balaban J connectivity index is 1.75. The molecule has 0 unspecified atom stereocenters. The molecule has 0 N–H and O–H groups in total. The van der Waals surface area contributed by atoms with Crippen molar-refractivity contribution in [2.45, 2.75) is 6.92 Å². The van der Waals surface area contributed by atoms with Gasteiger partial charge in [-0.1, -0.05) is 30.3 Å². The molecule has 0 spiro atoms. The van der Waals surface area contributed by atoms with Crippen molar-refractivity contribution < 1.29 is 9.13 Å². The summed E-state index contributed by atoms with van der Waals surface area (Å²) in [4.78, 5) is 0. The molecule has 0 radical (unpaired) electrons. The van der Waals surface area contributed by atoms with E-state index in [1.54, 1.807) is 22.7 Å². The molecule has 0 aliphatic rings. The number of aromatic nitrogens is 4. The highest BCUT2D eigenvalue weighted by Gasteiger charge is 2.10. The zero-order valence-electron chi connectivity index (χ0n) is 12.8. The Morgan fingerprint density at radius 1 is 0.958 bits per heavy atom. The van der Waals surface area contributed by atoms with Gasteiger partial charge in [0.1, 0.15) is 11.6 Å². The van der Waals surface area contributed by atoms with Gasteiger partial charge in [-0.2, -0.15) is 4.52 Å². The maximum Gasteiger partial charge on any atom is 0.237 e. The molecule has 0 aliphatic carbocycles. The molecule has 0 saturated carbocycles. The number of ether oxygens (including phenoxy) is 1. The molecule has 0 aliphatic heterocycles. The topological polar surface area (TPSA) is 52.3 Å². The molecule has 6 heteroatoms. The van der Waals surface area contributed by atoms with Crippen LogP contribution in [0.15, 0.2) is 60.7 Å². The third kappa shape index (κ3) is 2.58. The molecule has 2 aromatic heterocycles. The first-order chi connectivity index (χ1) is 11.7. The lowest BCUT2D eigenvalue weighted by Crippen LogP contribution is -1.98. The monoisotopic (exact) mass is 320 g/mol. The molecular formula is C18H13FN4O. The Bertz CT molecular complexity index is 1030. The predicted molar refractivity (Wildman–Crippen MR) is 87.4 cm³/mol. The van der Waals surface area contributed by atoms with Crippen molar-refractivity contribution in [1.82, 2.24) is 19.8 Å². The number of para-hydroxylation sites is 1. The van der Waals surface area contributed by atoms with Crippen LogP contribution in [0.1, 0.15) is 5.82 Å². The zero-order valence-corrected chi connectivity index (χ0v) is 12.8. The molecule has 0 atom stereocenters. The molecule has 0 fully saturated rings. The van der Waals surface area contributed by atoms with E-state index in [0.29, 0.717) is 23.1 Å². The van der Waals surface area contributed by atoms with Crippen LogP contribution in [0.25, 0.3) is 16.8 Å². The van der Waals surface area contributed by atoms with Crippen LogP contribution in [0.3, 0.4) is 0 Å². The fourth-order valence-corrected chi connectivity index (χ4v) is 2.50. The Kier molecular flexibility index (Phi) is 3.42. The van der Waals surface area contributed by atoms with Gasteiger partial charge in [0, 0.05) is 11.6 Å². The second-order valence-corrected chi connectivity index (χ2v) is 5.30. The van der Waals surface area contributed by atoms with Gasteiger partial charge >= 0.3 is 0 Å². The van der Waals surface area contributed by atoms with E-state index in [2.05, 4.69) is 15.3 Å². The highest BCUT2D eigenvalue weighted by molar-refractivity contribution is 5.70. The molecule has 5 nitrogen and oxygen atoms in total. The average molecular weight is 320 g/mol. The number of benzene rings is 2. The van der Waals surface area contributed by atoms with E-state index in [1.807, 2.05) is 37.3 Å². The van der Waals surface area contributed by atoms with Gasteiger partial charge in [-0.3, -0.25) is 0 Å². The highest BCUT2D eigenvalue weighted by Crippen LogP contribution is 2.32. The minimum absolute atomic E-state index is 0.290. The van der Waals surface area contributed by atoms with Crippen LogP contribution in [0.5, 0.6) is 11.6 Å². The van der Waals surface area contributed by atoms with Crippen molar-refractivity contribution in [3.05, 3.63) is 72.3 Å². The van der Waals surface area contributed by atoms with E-state index < -0.39 is 0 Å². The number of aryl methyl sites for hydroxylation is 1. The highest BCUT2D eigenvalue weighted by atomic mass is 19.1. The molecule has 118 valence electrons. The summed E-state index contributed by atoms with van der Waals surface area (Å²) >= 11 is 0. The second-order valence-electron chi connectivity index (χ2n) is 5.30. The van der Waals surface area contributed by atoms with Gasteiger partial charge in [-0.25, -0.2) is 4.39 Å². The summed E-state index contributed by atoms with van der Waals surface area (Å²) in [5, 5.41) is 12.3. The lowest BCUT2D eigenvalue weighted by molar-refractivity contribution is 0.453. The van der Waals surface area contributed by atoms with Crippen LogP contribution >= 0.6 is 0 Å². The summed E-state index contributed by atoms with van der Waals surface area (Å²) in [6, 6.07) is 17.4. The van der Waals surface area contributed by atoms with E-state index in [-0.39, 0.29) is 5.82 Å². The van der Waals surface area contributed by atoms with Gasteiger partial charge < -0.3 is 4.74 Å². The summed E-state index contributed by atoms with van der Waals surface area (Å²) in [6.07, 6.45) is 0. The number of halogens is 1. The minimum atomic E-state index is -0.290. The Labute approximate surface area is 137 Å². The maximum atomic E-state index is 13.5. The van der Waals surface area contributed by atoms with Gasteiger partial charge in [0.2, 0.25) is 5.88 Å². The van der Waals surface area contributed by atoms with Crippen LogP contribution in [-0.2, 0) is 0 Å². The SMILES string of the molecule is Cc1nnc2ccc(Oc3ccccc3-c3cccc(F)c3)nn12. The minimum Gasteiger partial charge on any atom is -0.437 e. The van der Waals surface area contributed by atoms with Gasteiger partial charge in [0.25, 0.3) is 0 Å². The molecule has 0 bridgehead atoms. The van der Waals surface area contributed by atoms with Crippen molar-refractivity contribution in [1.29, 1.82) is 0 Å². The standard InChI is InChI=1S/C18H13FN4O/c1-12-20-21-17-9-10-18(22-23(12)17)24-16-8-3-2-7-15(16)13-5-4-6-14(19)11-13/h2-11H,1H3. The molecule has 2 aromatic carbocycles. The van der Waals surface area contributed by atoms with Gasteiger partial charge in [-0.15, -0.1) is 15.3 Å². The van der Waals surface area contributed by atoms with Crippen LogP contribution in [0.2, 0.25) is 0 Å². The lowest BCUT2D eigenvalue weighted by atomic mass is 10.0. The molecule has 2 heterocycles. The van der Waals surface area contributed by atoms with E-state index >= 15 is 0 Å². The summed E-state index contributed by atoms with van der Waals surface area (Å²) in [5.41, 5.74) is 2.18. The Morgan fingerprint density at radius 3 is 2.71 bits per heavy atom. The molecular weight excluding hydrogens is 307 g/mol. The Hall–Kier alpha value is -3.28. The maximum absolute atomic E-state index is 13.5. The first-order valence-electron chi connectivity index (χ1n) is 7.42. The summed E-state index contributed by atoms with van der Waals surface area (Å²) in [5.74, 6) is 1.39.